The molecular weight excluding hydrogens is 306 g/mol. The Bertz CT molecular complexity index is 794. The molecule has 120 valence electrons. The van der Waals surface area contributed by atoms with Gasteiger partial charge in [0.2, 0.25) is 0 Å². The molecule has 4 rings (SSSR count). The molecular formula is C18H21N3OS. The molecule has 4 nitrogen and oxygen atoms in total. The van der Waals surface area contributed by atoms with Crippen LogP contribution in [0, 0.1) is 5.92 Å². The second-order valence-electron chi connectivity index (χ2n) is 6.11. The van der Waals surface area contributed by atoms with E-state index >= 15 is 0 Å². The van der Waals surface area contributed by atoms with Gasteiger partial charge < -0.3 is 10.1 Å². The van der Waals surface area contributed by atoms with Crippen LogP contribution < -0.4 is 5.32 Å². The second-order valence-corrected chi connectivity index (χ2v) is 7.02. The first-order valence-corrected chi connectivity index (χ1v) is 8.96. The van der Waals surface area contributed by atoms with E-state index in [9.17, 15) is 0 Å². The molecule has 3 aromatic rings. The van der Waals surface area contributed by atoms with Gasteiger partial charge in [-0.3, -0.25) is 4.68 Å². The largest absolute Gasteiger partial charge is 0.372 e. The highest BCUT2D eigenvalue weighted by Gasteiger charge is 2.31. The zero-order chi connectivity index (χ0) is 15.6. The number of benzene rings is 1. The van der Waals surface area contributed by atoms with Crippen LogP contribution in [0.15, 0.2) is 41.9 Å². The summed E-state index contributed by atoms with van der Waals surface area (Å²) < 4.78 is 9.24. The van der Waals surface area contributed by atoms with E-state index in [1.165, 1.54) is 21.3 Å². The highest BCUT2D eigenvalue weighted by Crippen LogP contribution is 2.34. The van der Waals surface area contributed by atoms with Gasteiger partial charge in [-0.25, -0.2) is 0 Å². The Balaban J connectivity index is 1.40. The van der Waals surface area contributed by atoms with Crippen LogP contribution in [-0.2, 0) is 18.3 Å². The fourth-order valence-corrected chi connectivity index (χ4v) is 4.36. The van der Waals surface area contributed by atoms with E-state index in [0.29, 0.717) is 5.92 Å². The molecule has 1 aliphatic heterocycles. The maximum absolute atomic E-state index is 5.95. The highest BCUT2D eigenvalue weighted by atomic mass is 32.1. The van der Waals surface area contributed by atoms with Crippen molar-refractivity contribution in [2.75, 3.05) is 13.2 Å². The lowest BCUT2D eigenvalue weighted by molar-refractivity contribution is 0.0838. The number of nitrogens with zero attached hydrogens (tertiary/aromatic N) is 2. The van der Waals surface area contributed by atoms with E-state index in [-0.39, 0.29) is 6.10 Å². The summed E-state index contributed by atoms with van der Waals surface area (Å²) in [5, 5.41) is 11.5. The van der Waals surface area contributed by atoms with Crippen molar-refractivity contribution in [3.05, 3.63) is 53.2 Å². The van der Waals surface area contributed by atoms with Gasteiger partial charge in [-0.15, -0.1) is 11.3 Å². The van der Waals surface area contributed by atoms with Crippen molar-refractivity contribution in [1.29, 1.82) is 0 Å². The Morgan fingerprint density at radius 1 is 1.35 bits per heavy atom. The lowest BCUT2D eigenvalue weighted by Gasteiger charge is -2.19. The van der Waals surface area contributed by atoms with Crippen molar-refractivity contribution >= 4 is 21.4 Å². The minimum Gasteiger partial charge on any atom is -0.372 e. The van der Waals surface area contributed by atoms with Gasteiger partial charge in [0.1, 0.15) is 6.10 Å². The Morgan fingerprint density at radius 2 is 2.26 bits per heavy atom. The van der Waals surface area contributed by atoms with Crippen molar-refractivity contribution in [1.82, 2.24) is 15.1 Å². The summed E-state index contributed by atoms with van der Waals surface area (Å²) in [5.74, 6) is 0.510. The molecule has 1 aliphatic rings. The predicted molar refractivity (Wildman–Crippen MR) is 93.5 cm³/mol. The van der Waals surface area contributed by atoms with Crippen LogP contribution in [0.2, 0.25) is 0 Å². The number of thiophene rings is 1. The number of hydrogen-bond acceptors (Lipinski definition) is 4. The molecule has 1 fully saturated rings. The summed E-state index contributed by atoms with van der Waals surface area (Å²) in [7, 11) is 1.99. The molecule has 0 radical (unpaired) electrons. The Morgan fingerprint density at radius 3 is 3.13 bits per heavy atom. The SMILES string of the molecule is Cn1nccc1[C@@H]1OCC[C@H]1CNCc1csc2ccccc12. The molecule has 0 unspecified atom stereocenters. The standard InChI is InChI=1S/C18H21N3OS/c1-21-16(6-8-20-21)18-13(7-9-22-18)10-19-11-14-12-23-17-5-3-2-4-15(14)17/h2-6,8,12-13,18-19H,7,9-11H2,1H3/t13-,18+/m0/s1. The van der Waals surface area contributed by atoms with E-state index in [0.717, 1.165) is 26.1 Å². The normalized spacial score (nSPS) is 21.3. The molecule has 1 N–H and O–H groups in total. The first kappa shape index (κ1) is 14.9. The number of nitrogens with one attached hydrogen (secondary N) is 1. The average molecular weight is 327 g/mol. The van der Waals surface area contributed by atoms with Crippen molar-refractivity contribution in [2.45, 2.75) is 19.1 Å². The van der Waals surface area contributed by atoms with Crippen LogP contribution >= 0.6 is 11.3 Å². The number of ether oxygens (including phenoxy) is 1. The smallest absolute Gasteiger partial charge is 0.103 e. The molecule has 0 bridgehead atoms. The van der Waals surface area contributed by atoms with Gasteiger partial charge in [-0.2, -0.15) is 5.10 Å². The third kappa shape index (κ3) is 2.92. The Kier molecular flexibility index (Phi) is 4.16. The number of aromatic nitrogens is 2. The van der Waals surface area contributed by atoms with Crippen molar-refractivity contribution in [2.24, 2.45) is 13.0 Å². The first-order valence-electron chi connectivity index (χ1n) is 8.08. The molecule has 0 saturated carbocycles. The Hall–Kier alpha value is -1.69. The number of fused-ring (bicyclic) bond motifs is 1. The summed E-state index contributed by atoms with van der Waals surface area (Å²) >= 11 is 1.82. The molecule has 2 atom stereocenters. The lowest BCUT2D eigenvalue weighted by Crippen LogP contribution is -2.25. The molecule has 0 spiro atoms. The van der Waals surface area contributed by atoms with E-state index in [1.54, 1.807) is 0 Å². The molecule has 1 saturated heterocycles. The predicted octanol–water partition coefficient (Wildman–Crippen LogP) is 3.50. The van der Waals surface area contributed by atoms with Gasteiger partial charge >= 0.3 is 0 Å². The zero-order valence-corrected chi connectivity index (χ0v) is 14.1. The number of rotatable bonds is 5. The summed E-state index contributed by atoms with van der Waals surface area (Å²) in [6, 6.07) is 10.7. The molecule has 2 aromatic heterocycles. The van der Waals surface area contributed by atoms with E-state index in [2.05, 4.69) is 46.1 Å². The lowest BCUT2D eigenvalue weighted by atomic mass is 9.99. The fraction of sp³-hybridized carbons (Fsp3) is 0.389. The molecule has 1 aromatic carbocycles. The van der Waals surface area contributed by atoms with Crippen molar-refractivity contribution < 1.29 is 4.74 Å². The minimum absolute atomic E-state index is 0.161. The van der Waals surface area contributed by atoms with Crippen LogP contribution in [0.3, 0.4) is 0 Å². The quantitative estimate of drug-likeness (QED) is 0.779. The molecule has 3 heterocycles. The monoisotopic (exact) mass is 327 g/mol. The maximum atomic E-state index is 5.95. The second kappa shape index (κ2) is 6.43. The van der Waals surface area contributed by atoms with Crippen LogP contribution in [0.4, 0.5) is 0 Å². The van der Waals surface area contributed by atoms with E-state index in [4.69, 9.17) is 4.74 Å². The maximum Gasteiger partial charge on any atom is 0.103 e. The third-order valence-electron chi connectivity index (χ3n) is 4.65. The van der Waals surface area contributed by atoms with Crippen LogP contribution in [0.1, 0.15) is 23.8 Å². The zero-order valence-electron chi connectivity index (χ0n) is 13.2. The summed E-state index contributed by atoms with van der Waals surface area (Å²) in [4.78, 5) is 0. The summed E-state index contributed by atoms with van der Waals surface area (Å²) in [5.41, 5.74) is 2.57. The Labute approximate surface area is 140 Å². The van der Waals surface area contributed by atoms with Gasteiger partial charge in [0, 0.05) is 43.6 Å². The number of hydrogen-bond donors (Lipinski definition) is 1. The summed E-state index contributed by atoms with van der Waals surface area (Å²) in [6.45, 7) is 2.72. The van der Waals surface area contributed by atoms with E-state index in [1.807, 2.05) is 29.3 Å². The number of aryl methyl sites for hydroxylation is 1. The molecule has 0 amide bonds. The van der Waals surface area contributed by atoms with Crippen LogP contribution in [-0.4, -0.2) is 22.9 Å². The van der Waals surface area contributed by atoms with Crippen molar-refractivity contribution in [3.8, 4) is 0 Å². The minimum atomic E-state index is 0.161. The van der Waals surface area contributed by atoms with E-state index < -0.39 is 0 Å². The van der Waals surface area contributed by atoms with Gasteiger partial charge in [0.15, 0.2) is 0 Å². The van der Waals surface area contributed by atoms with Crippen molar-refractivity contribution in [3.63, 3.8) is 0 Å². The summed E-state index contributed by atoms with van der Waals surface area (Å²) in [6.07, 6.45) is 3.11. The fourth-order valence-electron chi connectivity index (χ4n) is 3.39. The highest BCUT2D eigenvalue weighted by molar-refractivity contribution is 7.17. The molecule has 5 heteroatoms. The third-order valence-corrected chi connectivity index (χ3v) is 5.66. The van der Waals surface area contributed by atoms with Gasteiger partial charge in [0.05, 0.1) is 5.69 Å². The van der Waals surface area contributed by atoms with Gasteiger partial charge in [0.25, 0.3) is 0 Å². The molecule has 0 aliphatic carbocycles. The first-order chi connectivity index (χ1) is 11.3. The topological polar surface area (TPSA) is 39.1 Å². The van der Waals surface area contributed by atoms with Gasteiger partial charge in [-0.1, -0.05) is 18.2 Å². The van der Waals surface area contributed by atoms with Gasteiger partial charge in [-0.05, 0) is 34.9 Å². The van der Waals surface area contributed by atoms with Crippen LogP contribution in [0.25, 0.3) is 10.1 Å². The van der Waals surface area contributed by atoms with Crippen LogP contribution in [0.5, 0.6) is 0 Å². The molecule has 23 heavy (non-hydrogen) atoms. The average Bonchev–Trinajstić information content (AvgIpc) is 3.27.